The molecule has 0 bridgehead atoms. The molecule has 0 fully saturated rings. The third-order valence-electron chi connectivity index (χ3n) is 2.30. The summed E-state index contributed by atoms with van der Waals surface area (Å²) in [5, 5.41) is 1.12. The van der Waals surface area contributed by atoms with Gasteiger partial charge in [0, 0.05) is 18.5 Å². The van der Waals surface area contributed by atoms with Crippen LogP contribution in [0.3, 0.4) is 0 Å². The monoisotopic (exact) mass is 179 g/mol. The highest BCUT2D eigenvalue weighted by Crippen LogP contribution is 2.25. The zero-order valence-corrected chi connectivity index (χ0v) is 7.76. The summed E-state index contributed by atoms with van der Waals surface area (Å²) in [4.78, 5) is 3.07. The van der Waals surface area contributed by atoms with Crippen LogP contribution in [-0.4, -0.2) is 4.98 Å². The van der Waals surface area contributed by atoms with E-state index in [4.69, 9.17) is 0 Å². The molecule has 70 valence electrons. The average molecular weight is 179 g/mol. The Labute approximate surface area is 78.1 Å². The van der Waals surface area contributed by atoms with Gasteiger partial charge in [0.2, 0.25) is 0 Å². The molecule has 0 amide bonds. The van der Waals surface area contributed by atoms with Crippen molar-refractivity contribution in [2.75, 3.05) is 0 Å². The fraction of sp³-hybridized carbons (Fsp3) is 0.273. The first-order chi connectivity index (χ1) is 6.18. The zero-order chi connectivity index (χ0) is 9.42. The Balaban J connectivity index is 0.000000980. The van der Waals surface area contributed by atoms with Gasteiger partial charge >= 0.3 is 0 Å². The van der Waals surface area contributed by atoms with Gasteiger partial charge in [-0.25, -0.2) is 4.39 Å². The smallest absolute Gasteiger partial charge is 0.125 e. The van der Waals surface area contributed by atoms with Crippen molar-refractivity contribution in [3.63, 3.8) is 0 Å². The Kier molecular flexibility index (Phi) is 1.83. The number of hydrogen-bond acceptors (Lipinski definition) is 0. The first kappa shape index (κ1) is 8.30. The lowest BCUT2D eigenvalue weighted by atomic mass is 10.0. The summed E-state index contributed by atoms with van der Waals surface area (Å²) in [6.07, 6.45) is 1.95. The maximum atomic E-state index is 12.8. The first-order valence-corrected chi connectivity index (χ1v) is 4.45. The van der Waals surface area contributed by atoms with Crippen LogP contribution in [0.25, 0.3) is 10.9 Å². The number of aromatic nitrogens is 1. The predicted molar refractivity (Wildman–Crippen MR) is 54.5 cm³/mol. The maximum Gasteiger partial charge on any atom is 0.125 e. The number of hydrogen-bond donors (Lipinski definition) is 1. The number of H-pyrrole nitrogens is 1. The minimum Gasteiger partial charge on any atom is -0.361 e. The summed E-state index contributed by atoms with van der Waals surface area (Å²) in [6.45, 7) is 4.26. The van der Waals surface area contributed by atoms with E-state index >= 15 is 0 Å². The second-order valence-electron chi connectivity index (χ2n) is 3.59. The highest BCUT2D eigenvalue weighted by Gasteiger charge is 2.06. The molecule has 0 radical (unpaired) electrons. The van der Waals surface area contributed by atoms with Crippen LogP contribution in [-0.2, 0) is 0 Å². The van der Waals surface area contributed by atoms with Gasteiger partial charge in [-0.2, -0.15) is 0 Å². The highest BCUT2D eigenvalue weighted by atomic mass is 19.1. The molecule has 0 spiro atoms. The molecule has 1 aromatic heterocycles. The molecule has 0 saturated carbocycles. The van der Waals surface area contributed by atoms with Gasteiger partial charge in [-0.1, -0.05) is 13.8 Å². The topological polar surface area (TPSA) is 15.8 Å². The van der Waals surface area contributed by atoms with E-state index in [0.717, 1.165) is 10.9 Å². The summed E-state index contributed by atoms with van der Waals surface area (Å²) >= 11 is 0. The van der Waals surface area contributed by atoms with Crippen LogP contribution in [0.2, 0.25) is 0 Å². The van der Waals surface area contributed by atoms with Crippen molar-refractivity contribution in [2.45, 2.75) is 19.8 Å². The highest BCUT2D eigenvalue weighted by molar-refractivity contribution is 5.83. The molecule has 0 aliphatic rings. The Hall–Kier alpha value is -1.31. The van der Waals surface area contributed by atoms with E-state index in [-0.39, 0.29) is 7.24 Å². The van der Waals surface area contributed by atoms with E-state index in [1.807, 2.05) is 12.3 Å². The number of halogens is 1. The van der Waals surface area contributed by atoms with Crippen LogP contribution < -0.4 is 0 Å². The van der Waals surface area contributed by atoms with E-state index < -0.39 is 0 Å². The van der Waals surface area contributed by atoms with Gasteiger partial charge in [0.1, 0.15) is 5.82 Å². The van der Waals surface area contributed by atoms with Crippen LogP contribution in [0.5, 0.6) is 0 Å². The minimum atomic E-state index is -0.190. The lowest BCUT2D eigenvalue weighted by Gasteiger charge is -2.01. The van der Waals surface area contributed by atoms with E-state index in [1.165, 1.54) is 17.7 Å². The van der Waals surface area contributed by atoms with Crippen LogP contribution in [0.4, 0.5) is 4.39 Å². The molecule has 2 aromatic rings. The van der Waals surface area contributed by atoms with Gasteiger partial charge in [-0.05, 0) is 29.7 Å². The van der Waals surface area contributed by atoms with Gasteiger partial charge in [0.25, 0.3) is 0 Å². The molecule has 1 nitrogen and oxygen atoms in total. The molecule has 2 rings (SSSR count). The maximum absolute atomic E-state index is 12.8. The molecule has 1 N–H and O–H groups in total. The van der Waals surface area contributed by atoms with Crippen LogP contribution in [0.1, 0.15) is 26.8 Å². The second kappa shape index (κ2) is 2.87. The van der Waals surface area contributed by atoms with Gasteiger partial charge in [-0.3, -0.25) is 0 Å². The van der Waals surface area contributed by atoms with Crippen molar-refractivity contribution in [1.29, 1.82) is 0 Å². The van der Waals surface area contributed by atoms with Gasteiger partial charge < -0.3 is 4.98 Å². The van der Waals surface area contributed by atoms with Crippen molar-refractivity contribution in [2.24, 2.45) is 0 Å². The molecule has 0 aliphatic carbocycles. The lowest BCUT2D eigenvalue weighted by Crippen LogP contribution is -1.83. The van der Waals surface area contributed by atoms with Crippen molar-refractivity contribution in [3.8, 4) is 0 Å². The summed E-state index contributed by atoms with van der Waals surface area (Å²) in [5.74, 6) is 0.281. The summed E-state index contributed by atoms with van der Waals surface area (Å²) < 4.78 is 12.8. The molecule has 0 aliphatic heterocycles. The number of rotatable bonds is 1. The fourth-order valence-corrected chi connectivity index (χ4v) is 1.60. The summed E-state index contributed by atoms with van der Waals surface area (Å²) in [5.41, 5.74) is 2.12. The quantitative estimate of drug-likeness (QED) is 0.687. The van der Waals surface area contributed by atoms with Crippen LogP contribution in [0.15, 0.2) is 24.4 Å². The van der Waals surface area contributed by atoms with E-state index in [0.29, 0.717) is 5.92 Å². The largest absolute Gasteiger partial charge is 0.361 e. The Morgan fingerprint density at radius 1 is 1.38 bits per heavy atom. The Morgan fingerprint density at radius 3 is 2.85 bits per heavy atom. The molecular formula is C11H14FN. The summed E-state index contributed by atoms with van der Waals surface area (Å²) in [6, 6.07) is 4.86. The van der Waals surface area contributed by atoms with Crippen molar-refractivity contribution in [1.82, 2.24) is 4.98 Å². The Morgan fingerprint density at radius 2 is 2.15 bits per heavy atom. The first-order valence-electron chi connectivity index (χ1n) is 4.45. The van der Waals surface area contributed by atoms with Crippen LogP contribution in [0, 0.1) is 5.82 Å². The summed E-state index contributed by atoms with van der Waals surface area (Å²) in [7, 11) is 0. The average Bonchev–Trinajstić information content (AvgIpc) is 2.46. The van der Waals surface area contributed by atoms with Crippen molar-refractivity contribution in [3.05, 3.63) is 35.8 Å². The van der Waals surface area contributed by atoms with Crippen LogP contribution >= 0.6 is 0 Å². The lowest BCUT2D eigenvalue weighted by molar-refractivity contribution is 0.629. The molecule has 2 heteroatoms. The van der Waals surface area contributed by atoms with E-state index in [1.54, 1.807) is 0 Å². The SMILES string of the molecule is CC(C)c1c[nH]c2cc(F)ccc12.[HH]. The predicted octanol–water partition coefficient (Wildman–Crippen LogP) is 3.68. The molecule has 0 atom stereocenters. The second-order valence-corrected chi connectivity index (χ2v) is 3.59. The van der Waals surface area contributed by atoms with Crippen molar-refractivity contribution < 1.29 is 5.82 Å². The fourth-order valence-electron chi connectivity index (χ4n) is 1.60. The third kappa shape index (κ3) is 1.32. The molecule has 13 heavy (non-hydrogen) atoms. The van der Waals surface area contributed by atoms with Gasteiger partial charge in [0.05, 0.1) is 0 Å². The zero-order valence-electron chi connectivity index (χ0n) is 7.76. The number of aromatic amines is 1. The van der Waals surface area contributed by atoms with Crippen molar-refractivity contribution >= 4 is 10.9 Å². The van der Waals surface area contributed by atoms with Gasteiger partial charge in [-0.15, -0.1) is 0 Å². The molecule has 0 unspecified atom stereocenters. The third-order valence-corrected chi connectivity index (χ3v) is 2.30. The number of nitrogens with one attached hydrogen (secondary N) is 1. The Bertz CT molecular complexity index is 434. The van der Waals surface area contributed by atoms with E-state index in [2.05, 4.69) is 18.8 Å². The number of benzene rings is 1. The molecule has 1 heterocycles. The minimum absolute atomic E-state index is 0. The number of fused-ring (bicyclic) bond motifs is 1. The van der Waals surface area contributed by atoms with E-state index in [9.17, 15) is 4.39 Å². The standard InChI is InChI=1S/C11H12FN.H2/c1-7(2)10-6-13-11-5-8(12)3-4-9(10)11;/h3-7,13H,1-2H3;1H. The molecule has 1 aromatic carbocycles. The molecular weight excluding hydrogens is 165 g/mol. The molecule has 0 saturated heterocycles. The normalized spacial score (nSPS) is 11.4. The van der Waals surface area contributed by atoms with Gasteiger partial charge in [0.15, 0.2) is 0 Å².